The molecule has 1 aromatic heterocycles. The van der Waals surface area contributed by atoms with Crippen molar-refractivity contribution in [2.75, 3.05) is 19.6 Å². The molecule has 5 heteroatoms. The second-order valence-corrected chi connectivity index (χ2v) is 4.55. The predicted molar refractivity (Wildman–Crippen MR) is 63.0 cm³/mol. The summed E-state index contributed by atoms with van der Waals surface area (Å²) in [5.41, 5.74) is 1.13. The van der Waals surface area contributed by atoms with Crippen LogP contribution in [0.4, 0.5) is 0 Å². The van der Waals surface area contributed by atoms with Gasteiger partial charge in [0.2, 0.25) is 0 Å². The molecule has 0 aromatic carbocycles. The largest absolute Gasteiger partial charge is 0.310 e. The van der Waals surface area contributed by atoms with Crippen molar-refractivity contribution in [3.8, 4) is 0 Å². The van der Waals surface area contributed by atoms with E-state index in [0.29, 0.717) is 0 Å². The summed E-state index contributed by atoms with van der Waals surface area (Å²) in [6.45, 7) is 6.61. The number of rotatable bonds is 5. The van der Waals surface area contributed by atoms with Crippen LogP contribution in [-0.4, -0.2) is 45.6 Å². The second-order valence-electron chi connectivity index (χ2n) is 4.55. The van der Waals surface area contributed by atoms with Crippen LogP contribution < -0.4 is 5.32 Å². The van der Waals surface area contributed by atoms with E-state index in [1.807, 2.05) is 17.9 Å². The van der Waals surface area contributed by atoms with Crippen molar-refractivity contribution >= 4 is 0 Å². The van der Waals surface area contributed by atoms with Crippen LogP contribution in [0.2, 0.25) is 0 Å². The maximum atomic E-state index is 3.90. The summed E-state index contributed by atoms with van der Waals surface area (Å²) in [5, 5.41) is 11.2. The first kappa shape index (κ1) is 11.5. The third-order valence-corrected chi connectivity index (χ3v) is 3.38. The molecule has 1 atom stereocenters. The average Bonchev–Trinajstić information content (AvgIpc) is 2.84. The van der Waals surface area contributed by atoms with Gasteiger partial charge in [-0.2, -0.15) is 0 Å². The van der Waals surface area contributed by atoms with E-state index in [1.54, 1.807) is 0 Å². The molecule has 1 aliphatic rings. The molecule has 1 aromatic rings. The summed E-state index contributed by atoms with van der Waals surface area (Å²) in [4.78, 5) is 2.55. The van der Waals surface area contributed by atoms with E-state index in [1.165, 1.54) is 19.4 Å². The molecule has 2 heterocycles. The molecule has 1 N–H and O–H groups in total. The lowest BCUT2D eigenvalue weighted by Crippen LogP contribution is -2.34. The molecule has 0 saturated carbocycles. The number of hydrogen-bond acceptors (Lipinski definition) is 4. The van der Waals surface area contributed by atoms with Crippen molar-refractivity contribution in [1.29, 1.82) is 0 Å². The van der Waals surface area contributed by atoms with Gasteiger partial charge in [0.15, 0.2) is 0 Å². The van der Waals surface area contributed by atoms with Gasteiger partial charge < -0.3 is 5.32 Å². The van der Waals surface area contributed by atoms with Crippen molar-refractivity contribution < 1.29 is 0 Å². The first-order chi connectivity index (χ1) is 7.77. The number of aromatic nitrogens is 3. The molecule has 0 bridgehead atoms. The highest BCUT2D eigenvalue weighted by atomic mass is 15.4. The predicted octanol–water partition coefficient (Wildman–Crippen LogP) is 0.389. The zero-order valence-electron chi connectivity index (χ0n) is 10.2. The zero-order chi connectivity index (χ0) is 11.4. The summed E-state index contributed by atoms with van der Waals surface area (Å²) in [7, 11) is 1.92. The Morgan fingerprint density at radius 3 is 3.06 bits per heavy atom. The van der Waals surface area contributed by atoms with Gasteiger partial charge in [0.25, 0.3) is 0 Å². The molecular formula is C11H21N5. The Hall–Kier alpha value is -0.940. The van der Waals surface area contributed by atoms with Crippen LogP contribution >= 0.6 is 0 Å². The Bertz CT molecular complexity index is 322. The molecule has 2 rings (SSSR count). The fourth-order valence-electron chi connectivity index (χ4n) is 2.24. The van der Waals surface area contributed by atoms with Gasteiger partial charge in [-0.25, -0.2) is 0 Å². The molecule has 0 radical (unpaired) electrons. The third-order valence-electron chi connectivity index (χ3n) is 3.38. The molecule has 1 fully saturated rings. The maximum Gasteiger partial charge on any atom is 0.0738 e. The van der Waals surface area contributed by atoms with Gasteiger partial charge in [0.1, 0.15) is 0 Å². The first-order valence-corrected chi connectivity index (χ1v) is 6.05. The molecule has 1 aliphatic heterocycles. The van der Waals surface area contributed by atoms with Gasteiger partial charge in [0, 0.05) is 32.7 Å². The number of likely N-dealkylation sites (tertiary alicyclic amines) is 1. The van der Waals surface area contributed by atoms with Crippen LogP contribution in [0, 0.1) is 0 Å². The molecule has 1 saturated heterocycles. The second kappa shape index (κ2) is 5.41. The SMILES string of the molecule is CC1CCCN1CCNCc1cnnn1C. The lowest BCUT2D eigenvalue weighted by molar-refractivity contribution is 0.268. The normalized spacial score (nSPS) is 21.8. The van der Waals surface area contributed by atoms with E-state index in [-0.39, 0.29) is 0 Å². The van der Waals surface area contributed by atoms with Gasteiger partial charge in [-0.05, 0) is 26.3 Å². The molecule has 90 valence electrons. The fourth-order valence-corrected chi connectivity index (χ4v) is 2.24. The summed E-state index contributed by atoms with van der Waals surface area (Å²) < 4.78 is 1.81. The third kappa shape index (κ3) is 2.80. The number of nitrogens with zero attached hydrogens (tertiary/aromatic N) is 4. The van der Waals surface area contributed by atoms with Gasteiger partial charge in [-0.1, -0.05) is 5.21 Å². The molecular weight excluding hydrogens is 202 g/mol. The monoisotopic (exact) mass is 223 g/mol. The van der Waals surface area contributed by atoms with Crippen molar-refractivity contribution in [3.05, 3.63) is 11.9 Å². The maximum absolute atomic E-state index is 3.90. The Balaban J connectivity index is 1.63. The topological polar surface area (TPSA) is 46.0 Å². The number of aryl methyl sites for hydroxylation is 1. The van der Waals surface area contributed by atoms with E-state index in [4.69, 9.17) is 0 Å². The van der Waals surface area contributed by atoms with Crippen LogP contribution in [0.3, 0.4) is 0 Å². The van der Waals surface area contributed by atoms with Crippen molar-refractivity contribution in [2.24, 2.45) is 7.05 Å². The molecule has 16 heavy (non-hydrogen) atoms. The minimum Gasteiger partial charge on any atom is -0.310 e. The average molecular weight is 223 g/mol. The number of nitrogens with one attached hydrogen (secondary N) is 1. The van der Waals surface area contributed by atoms with Crippen LogP contribution in [0.5, 0.6) is 0 Å². The Morgan fingerprint density at radius 2 is 2.44 bits per heavy atom. The molecule has 5 nitrogen and oxygen atoms in total. The van der Waals surface area contributed by atoms with Crippen LogP contribution in [0.25, 0.3) is 0 Å². The lowest BCUT2D eigenvalue weighted by Gasteiger charge is -2.20. The fraction of sp³-hybridized carbons (Fsp3) is 0.818. The van der Waals surface area contributed by atoms with Gasteiger partial charge >= 0.3 is 0 Å². The lowest BCUT2D eigenvalue weighted by atomic mass is 10.2. The van der Waals surface area contributed by atoms with Crippen LogP contribution in [-0.2, 0) is 13.6 Å². The Kier molecular flexibility index (Phi) is 3.90. The number of hydrogen-bond donors (Lipinski definition) is 1. The summed E-state index contributed by atoms with van der Waals surface area (Å²) in [6.07, 6.45) is 4.52. The quantitative estimate of drug-likeness (QED) is 0.734. The van der Waals surface area contributed by atoms with Gasteiger partial charge in [-0.3, -0.25) is 9.58 Å². The van der Waals surface area contributed by atoms with E-state index in [0.717, 1.165) is 31.4 Å². The highest BCUT2D eigenvalue weighted by Gasteiger charge is 2.18. The highest BCUT2D eigenvalue weighted by molar-refractivity contribution is 4.92. The van der Waals surface area contributed by atoms with Gasteiger partial charge in [-0.15, -0.1) is 5.10 Å². The first-order valence-electron chi connectivity index (χ1n) is 6.05. The minimum atomic E-state index is 0.764. The minimum absolute atomic E-state index is 0.764. The molecule has 0 aliphatic carbocycles. The highest BCUT2D eigenvalue weighted by Crippen LogP contribution is 2.14. The molecule has 0 spiro atoms. The Morgan fingerprint density at radius 1 is 1.56 bits per heavy atom. The summed E-state index contributed by atoms with van der Waals surface area (Å²) >= 11 is 0. The summed E-state index contributed by atoms with van der Waals surface area (Å²) in [6, 6.07) is 0.764. The van der Waals surface area contributed by atoms with Crippen LogP contribution in [0.15, 0.2) is 6.20 Å². The zero-order valence-corrected chi connectivity index (χ0v) is 10.2. The van der Waals surface area contributed by atoms with E-state index in [9.17, 15) is 0 Å². The summed E-state index contributed by atoms with van der Waals surface area (Å²) in [5.74, 6) is 0. The van der Waals surface area contributed by atoms with E-state index < -0.39 is 0 Å². The van der Waals surface area contributed by atoms with Crippen molar-refractivity contribution in [3.63, 3.8) is 0 Å². The Labute approximate surface area is 96.8 Å². The molecule has 1 unspecified atom stereocenters. The van der Waals surface area contributed by atoms with Gasteiger partial charge in [0.05, 0.1) is 11.9 Å². The molecule has 0 amide bonds. The van der Waals surface area contributed by atoms with E-state index >= 15 is 0 Å². The van der Waals surface area contributed by atoms with Crippen molar-refractivity contribution in [2.45, 2.75) is 32.4 Å². The van der Waals surface area contributed by atoms with Crippen LogP contribution in [0.1, 0.15) is 25.5 Å². The van der Waals surface area contributed by atoms with E-state index in [2.05, 4.69) is 27.5 Å². The smallest absolute Gasteiger partial charge is 0.0738 e. The van der Waals surface area contributed by atoms with Crippen molar-refractivity contribution in [1.82, 2.24) is 25.2 Å². The standard InChI is InChI=1S/C11H21N5/c1-10-4-3-6-16(10)7-5-12-8-11-9-13-14-15(11)2/h9-10,12H,3-8H2,1-2H3.